The van der Waals surface area contributed by atoms with Crippen molar-refractivity contribution in [2.24, 2.45) is 0 Å². The number of nitrogens with one attached hydrogen (secondary N) is 1. The molecule has 4 heterocycles. The highest BCUT2D eigenvalue weighted by atomic mass is 16.2. The first-order valence-corrected chi connectivity index (χ1v) is 9.84. The molecule has 0 radical (unpaired) electrons. The van der Waals surface area contributed by atoms with Crippen molar-refractivity contribution in [1.29, 1.82) is 0 Å². The Hall–Kier alpha value is -3.14. The molecule has 1 saturated heterocycles. The lowest BCUT2D eigenvalue weighted by Crippen LogP contribution is -2.47. The number of nitrogens with zero attached hydrogens (tertiary/aromatic N) is 8. The van der Waals surface area contributed by atoms with Crippen molar-refractivity contribution >= 4 is 17.6 Å². The minimum absolute atomic E-state index is 0.155. The first kappa shape index (κ1) is 19.2. The van der Waals surface area contributed by atoms with E-state index in [9.17, 15) is 4.79 Å². The molecule has 1 fully saturated rings. The van der Waals surface area contributed by atoms with E-state index in [-0.39, 0.29) is 11.7 Å². The smallest absolute Gasteiger partial charge is 0.291 e. The number of hydrogen-bond donors (Lipinski definition) is 1. The van der Waals surface area contributed by atoms with Crippen LogP contribution in [0.3, 0.4) is 0 Å². The molecule has 152 valence electrons. The quantitative estimate of drug-likeness (QED) is 0.601. The summed E-state index contributed by atoms with van der Waals surface area (Å²) in [7, 11) is 0. The Kier molecular flexibility index (Phi) is 5.61. The molecule has 1 N–H and O–H groups in total. The van der Waals surface area contributed by atoms with Gasteiger partial charge in [0.2, 0.25) is 11.8 Å². The molecule has 10 heteroatoms. The van der Waals surface area contributed by atoms with E-state index in [1.54, 1.807) is 16.9 Å². The van der Waals surface area contributed by atoms with Crippen molar-refractivity contribution in [2.75, 3.05) is 44.2 Å². The molecule has 10 nitrogen and oxygen atoms in total. The maximum absolute atomic E-state index is 12.4. The zero-order chi connectivity index (χ0) is 20.2. The molecule has 3 aromatic rings. The Morgan fingerprint density at radius 3 is 2.62 bits per heavy atom. The largest absolute Gasteiger partial charge is 0.349 e. The van der Waals surface area contributed by atoms with Crippen LogP contribution >= 0.6 is 0 Å². The first-order chi connectivity index (χ1) is 14.1. The van der Waals surface area contributed by atoms with Crippen LogP contribution in [0.5, 0.6) is 0 Å². The third-order valence-corrected chi connectivity index (χ3v) is 4.97. The molecule has 29 heavy (non-hydrogen) atoms. The normalized spacial score (nSPS) is 15.0. The fraction of sp³-hybridized carbons (Fsp3) is 0.474. The van der Waals surface area contributed by atoms with Gasteiger partial charge in [-0.05, 0) is 38.9 Å². The van der Waals surface area contributed by atoms with Crippen LogP contribution in [0.2, 0.25) is 0 Å². The summed E-state index contributed by atoms with van der Waals surface area (Å²) in [5.74, 6) is 1.13. The SMILES string of the molecule is Cc1cc(C)n2nc(C(=O)NCCCN3CCN(c4ncccn4)CC3)nc2n1. The van der Waals surface area contributed by atoms with Crippen molar-refractivity contribution in [1.82, 2.24) is 39.8 Å². The molecule has 3 aromatic heterocycles. The van der Waals surface area contributed by atoms with Gasteiger partial charge in [-0.2, -0.15) is 4.98 Å². The molecule has 0 saturated carbocycles. The summed E-state index contributed by atoms with van der Waals surface area (Å²) in [6.45, 7) is 9.08. The van der Waals surface area contributed by atoms with Crippen LogP contribution in [0.15, 0.2) is 24.5 Å². The van der Waals surface area contributed by atoms with Gasteiger partial charge >= 0.3 is 0 Å². The molecular formula is C19H25N9O. The van der Waals surface area contributed by atoms with Gasteiger partial charge in [-0.3, -0.25) is 9.69 Å². The number of aryl methyl sites for hydroxylation is 2. The monoisotopic (exact) mass is 395 g/mol. The van der Waals surface area contributed by atoms with Gasteiger partial charge in [-0.1, -0.05) is 0 Å². The van der Waals surface area contributed by atoms with E-state index < -0.39 is 0 Å². The van der Waals surface area contributed by atoms with Crippen molar-refractivity contribution in [3.05, 3.63) is 41.7 Å². The van der Waals surface area contributed by atoms with E-state index in [1.807, 2.05) is 26.0 Å². The van der Waals surface area contributed by atoms with E-state index in [2.05, 4.69) is 40.2 Å². The average molecular weight is 395 g/mol. The molecule has 1 amide bonds. The molecule has 0 aromatic carbocycles. The summed E-state index contributed by atoms with van der Waals surface area (Å²) >= 11 is 0. The molecule has 0 unspecified atom stereocenters. The molecule has 0 bridgehead atoms. The van der Waals surface area contributed by atoms with E-state index >= 15 is 0 Å². The van der Waals surface area contributed by atoms with Crippen molar-refractivity contribution in [2.45, 2.75) is 20.3 Å². The Bertz CT molecular complexity index is 980. The Morgan fingerprint density at radius 1 is 1.10 bits per heavy atom. The highest BCUT2D eigenvalue weighted by molar-refractivity contribution is 5.90. The van der Waals surface area contributed by atoms with Gasteiger partial charge in [0, 0.05) is 56.5 Å². The summed E-state index contributed by atoms with van der Waals surface area (Å²) < 4.78 is 1.60. The predicted molar refractivity (Wildman–Crippen MR) is 108 cm³/mol. The summed E-state index contributed by atoms with van der Waals surface area (Å²) in [5.41, 5.74) is 1.76. The number of fused-ring (bicyclic) bond motifs is 1. The number of rotatable bonds is 6. The van der Waals surface area contributed by atoms with E-state index in [4.69, 9.17) is 0 Å². The maximum Gasteiger partial charge on any atom is 0.291 e. The zero-order valence-corrected chi connectivity index (χ0v) is 16.7. The second-order valence-corrected chi connectivity index (χ2v) is 7.17. The molecule has 0 atom stereocenters. The number of aromatic nitrogens is 6. The summed E-state index contributed by atoms with van der Waals surface area (Å²) in [5, 5.41) is 7.17. The first-order valence-electron chi connectivity index (χ1n) is 9.84. The standard InChI is InChI=1S/C19H25N9O/c1-14-13-15(2)28-19(23-14)24-16(25-28)17(29)20-7-4-8-26-9-11-27(12-10-26)18-21-5-3-6-22-18/h3,5-6,13H,4,7-12H2,1-2H3,(H,20,29). The fourth-order valence-electron chi connectivity index (χ4n) is 3.47. The highest BCUT2D eigenvalue weighted by Gasteiger charge is 2.19. The van der Waals surface area contributed by atoms with E-state index in [0.717, 1.165) is 56.5 Å². The molecule has 1 aliphatic rings. The second kappa shape index (κ2) is 8.48. The minimum atomic E-state index is -0.265. The van der Waals surface area contributed by atoms with Crippen LogP contribution in [0, 0.1) is 13.8 Å². The van der Waals surface area contributed by atoms with Crippen LogP contribution in [0.1, 0.15) is 28.4 Å². The van der Waals surface area contributed by atoms with Crippen LogP contribution < -0.4 is 10.2 Å². The number of piperazine rings is 1. The van der Waals surface area contributed by atoms with Gasteiger partial charge in [-0.15, -0.1) is 5.10 Å². The average Bonchev–Trinajstić information content (AvgIpc) is 3.17. The lowest BCUT2D eigenvalue weighted by Gasteiger charge is -2.34. The van der Waals surface area contributed by atoms with Crippen LogP contribution in [-0.2, 0) is 0 Å². The van der Waals surface area contributed by atoms with Gasteiger partial charge < -0.3 is 10.2 Å². The number of hydrogen-bond acceptors (Lipinski definition) is 8. The second-order valence-electron chi connectivity index (χ2n) is 7.17. The number of anilines is 1. The third kappa shape index (κ3) is 4.48. The number of carbonyl (C=O) groups is 1. The molecule has 0 spiro atoms. The van der Waals surface area contributed by atoms with Crippen LogP contribution in [0.25, 0.3) is 5.78 Å². The van der Waals surface area contributed by atoms with Crippen molar-refractivity contribution < 1.29 is 4.79 Å². The van der Waals surface area contributed by atoms with Crippen molar-refractivity contribution in [3.63, 3.8) is 0 Å². The van der Waals surface area contributed by atoms with Gasteiger partial charge in [0.25, 0.3) is 11.7 Å². The lowest BCUT2D eigenvalue weighted by atomic mass is 10.3. The summed E-state index contributed by atoms with van der Waals surface area (Å²) in [4.78, 5) is 34.1. The molecular weight excluding hydrogens is 370 g/mol. The summed E-state index contributed by atoms with van der Waals surface area (Å²) in [6, 6.07) is 3.74. The number of amides is 1. The Labute approximate surface area is 169 Å². The molecule has 0 aliphatic carbocycles. The maximum atomic E-state index is 12.4. The topological polar surface area (TPSA) is 104 Å². The van der Waals surface area contributed by atoms with E-state index in [1.165, 1.54) is 0 Å². The predicted octanol–water partition coefficient (Wildman–Crippen LogP) is 0.473. The molecule has 4 rings (SSSR count). The highest BCUT2D eigenvalue weighted by Crippen LogP contribution is 2.10. The lowest BCUT2D eigenvalue weighted by molar-refractivity contribution is 0.0941. The van der Waals surface area contributed by atoms with Gasteiger partial charge in [-0.25, -0.2) is 19.5 Å². The molecule has 1 aliphatic heterocycles. The van der Waals surface area contributed by atoms with Crippen LogP contribution in [0.4, 0.5) is 5.95 Å². The Balaban J connectivity index is 1.21. The van der Waals surface area contributed by atoms with Gasteiger partial charge in [0.05, 0.1) is 0 Å². The third-order valence-electron chi connectivity index (χ3n) is 4.97. The summed E-state index contributed by atoms with van der Waals surface area (Å²) in [6.07, 6.45) is 4.42. The number of carbonyl (C=O) groups excluding carboxylic acids is 1. The van der Waals surface area contributed by atoms with Gasteiger partial charge in [0.15, 0.2) is 0 Å². The fourth-order valence-corrected chi connectivity index (χ4v) is 3.47. The zero-order valence-electron chi connectivity index (χ0n) is 16.7. The Morgan fingerprint density at radius 2 is 1.86 bits per heavy atom. The van der Waals surface area contributed by atoms with Gasteiger partial charge in [0.1, 0.15) is 0 Å². The van der Waals surface area contributed by atoms with E-state index in [0.29, 0.717) is 12.3 Å². The minimum Gasteiger partial charge on any atom is -0.349 e. The van der Waals surface area contributed by atoms with Crippen LogP contribution in [-0.4, -0.2) is 79.6 Å². The van der Waals surface area contributed by atoms with Crippen molar-refractivity contribution in [3.8, 4) is 0 Å².